The Hall–Kier alpha value is -2.37. The van der Waals surface area contributed by atoms with Gasteiger partial charge in [-0.05, 0) is 34.7 Å². The first-order chi connectivity index (χ1) is 9.75. The molecule has 20 heavy (non-hydrogen) atoms. The Labute approximate surface area is 125 Å². The summed E-state index contributed by atoms with van der Waals surface area (Å²) < 4.78 is 0.933. The van der Waals surface area contributed by atoms with Gasteiger partial charge in [-0.25, -0.2) is 0 Å². The van der Waals surface area contributed by atoms with E-state index >= 15 is 0 Å². The van der Waals surface area contributed by atoms with Gasteiger partial charge < -0.3 is 5.73 Å². The number of hydrogen-bond acceptors (Lipinski definition) is 7. The van der Waals surface area contributed by atoms with Gasteiger partial charge in [-0.1, -0.05) is 0 Å². The lowest BCUT2D eigenvalue weighted by Crippen LogP contribution is -1.84. The number of nitrogens with zero attached hydrogens (tertiary/aromatic N) is 6. The van der Waals surface area contributed by atoms with Crippen LogP contribution in [0.3, 0.4) is 0 Å². The largest absolute Gasteiger partial charge is 0.382 e. The summed E-state index contributed by atoms with van der Waals surface area (Å²) in [5, 5.41) is 29.9. The van der Waals surface area contributed by atoms with E-state index in [2.05, 4.69) is 63.4 Å². The number of H-pyrrole nitrogens is 2. The zero-order valence-electron chi connectivity index (χ0n) is 9.95. The summed E-state index contributed by atoms with van der Waals surface area (Å²) in [4.78, 5) is 0. The van der Waals surface area contributed by atoms with Crippen LogP contribution in [0.5, 0.6) is 0 Å². The highest BCUT2D eigenvalue weighted by atomic mass is 127. The first-order valence-electron chi connectivity index (χ1n) is 5.48. The van der Waals surface area contributed by atoms with Crippen molar-refractivity contribution in [3.05, 3.63) is 28.2 Å². The number of aromatic nitrogens is 8. The van der Waals surface area contributed by atoms with Crippen molar-refractivity contribution in [2.45, 2.75) is 0 Å². The third-order valence-electron chi connectivity index (χ3n) is 2.48. The molecule has 0 spiro atoms. The predicted octanol–water partition coefficient (Wildman–Crippen LogP) is 0.893. The van der Waals surface area contributed by atoms with Crippen LogP contribution in [-0.2, 0) is 0 Å². The van der Waals surface area contributed by atoms with E-state index in [4.69, 9.17) is 5.73 Å². The van der Waals surface area contributed by atoms with E-state index in [1.807, 2.05) is 6.07 Å². The van der Waals surface area contributed by atoms with Gasteiger partial charge >= 0.3 is 0 Å². The van der Waals surface area contributed by atoms with E-state index in [0.29, 0.717) is 11.5 Å². The van der Waals surface area contributed by atoms with Crippen LogP contribution < -0.4 is 5.73 Å². The van der Waals surface area contributed by atoms with Gasteiger partial charge in [0.15, 0.2) is 17.1 Å². The average Bonchev–Trinajstić information content (AvgIpc) is 3.05. The van der Waals surface area contributed by atoms with E-state index in [0.717, 1.165) is 20.1 Å². The van der Waals surface area contributed by atoms with Crippen molar-refractivity contribution in [3.63, 3.8) is 0 Å². The number of aromatic amines is 2. The molecule has 4 aromatic heterocycles. The van der Waals surface area contributed by atoms with Crippen molar-refractivity contribution in [1.82, 2.24) is 40.8 Å². The van der Waals surface area contributed by atoms with Crippen molar-refractivity contribution < 1.29 is 0 Å². The second-order valence-electron chi connectivity index (χ2n) is 3.71. The lowest BCUT2D eigenvalue weighted by Gasteiger charge is -1.82. The van der Waals surface area contributed by atoms with Crippen LogP contribution in [0.25, 0.3) is 22.1 Å². The quantitative estimate of drug-likeness (QED) is 0.385. The van der Waals surface area contributed by atoms with E-state index < -0.39 is 0 Å². The van der Waals surface area contributed by atoms with E-state index in [-0.39, 0.29) is 0 Å². The number of anilines is 1. The zero-order valence-corrected chi connectivity index (χ0v) is 12.1. The normalized spacial score (nSPS) is 10.4. The molecule has 0 radical (unpaired) electrons. The van der Waals surface area contributed by atoms with Crippen molar-refractivity contribution in [3.8, 4) is 0 Å². The molecular formula is C10H8IN9. The summed E-state index contributed by atoms with van der Waals surface area (Å²) in [6, 6.07) is 3.65. The molecule has 0 aliphatic heterocycles. The zero-order chi connectivity index (χ0) is 13.9. The summed E-state index contributed by atoms with van der Waals surface area (Å²) in [5.41, 5.74) is 6.83. The van der Waals surface area contributed by atoms with Crippen molar-refractivity contribution in [2.24, 2.45) is 0 Å². The molecule has 4 N–H and O–H groups in total. The van der Waals surface area contributed by atoms with Crippen LogP contribution in [0, 0.1) is 3.70 Å². The SMILES string of the molecule is Ic1n[nH]c2nnccc12.Nc1n[nH]c2nnccc12. The summed E-state index contributed by atoms with van der Waals surface area (Å²) in [7, 11) is 0. The molecule has 9 nitrogen and oxygen atoms in total. The van der Waals surface area contributed by atoms with Gasteiger partial charge in [0, 0.05) is 0 Å². The molecule has 0 amide bonds. The van der Waals surface area contributed by atoms with Crippen molar-refractivity contribution >= 4 is 50.5 Å². The van der Waals surface area contributed by atoms with Gasteiger partial charge in [-0.2, -0.15) is 20.4 Å². The van der Waals surface area contributed by atoms with Crippen LogP contribution in [0.2, 0.25) is 0 Å². The molecule has 0 fully saturated rings. The maximum atomic E-state index is 5.47. The number of nitrogens with two attached hydrogens (primary N) is 1. The Kier molecular flexibility index (Phi) is 3.37. The Morgan fingerprint density at radius 1 is 0.900 bits per heavy atom. The smallest absolute Gasteiger partial charge is 0.180 e. The van der Waals surface area contributed by atoms with E-state index in [9.17, 15) is 0 Å². The summed E-state index contributed by atoms with van der Waals surface area (Å²) in [6.07, 6.45) is 3.23. The number of nitrogen functional groups attached to an aromatic ring is 1. The summed E-state index contributed by atoms with van der Waals surface area (Å²) >= 11 is 2.14. The molecule has 100 valence electrons. The Morgan fingerprint density at radius 2 is 1.50 bits per heavy atom. The molecule has 0 aliphatic carbocycles. The maximum absolute atomic E-state index is 5.47. The van der Waals surface area contributed by atoms with Gasteiger partial charge in [0.25, 0.3) is 0 Å². The molecule has 0 aliphatic rings. The monoisotopic (exact) mass is 381 g/mol. The first-order valence-corrected chi connectivity index (χ1v) is 6.56. The molecule has 4 aromatic rings. The number of nitrogens with one attached hydrogen (secondary N) is 2. The third kappa shape index (κ3) is 2.36. The Balaban J connectivity index is 0.000000121. The highest BCUT2D eigenvalue weighted by Gasteiger charge is 2.00. The minimum atomic E-state index is 0.463. The highest BCUT2D eigenvalue weighted by molar-refractivity contribution is 14.1. The molecule has 4 rings (SSSR count). The standard InChI is InChI=1S/C5H3IN4.C5H5N5/c2*6-4-3-1-2-7-9-5(3)10-8-4/h1-2H,(H,8,9,10);1-2H,(H3,6,8,9,10). The third-order valence-corrected chi connectivity index (χ3v) is 3.30. The van der Waals surface area contributed by atoms with Crippen LogP contribution in [-0.4, -0.2) is 40.8 Å². The minimum absolute atomic E-state index is 0.463. The number of halogens is 1. The highest BCUT2D eigenvalue weighted by Crippen LogP contribution is 2.13. The Bertz CT molecular complexity index is 780. The van der Waals surface area contributed by atoms with Crippen LogP contribution in [0.15, 0.2) is 24.5 Å². The summed E-state index contributed by atoms with van der Waals surface area (Å²) in [6.45, 7) is 0. The predicted molar refractivity (Wildman–Crippen MR) is 80.5 cm³/mol. The van der Waals surface area contributed by atoms with Crippen molar-refractivity contribution in [2.75, 3.05) is 5.73 Å². The van der Waals surface area contributed by atoms with Gasteiger partial charge in [-0.15, -0.1) is 10.2 Å². The van der Waals surface area contributed by atoms with E-state index in [1.165, 1.54) is 0 Å². The van der Waals surface area contributed by atoms with Gasteiger partial charge in [0.2, 0.25) is 0 Å². The molecule has 0 unspecified atom stereocenters. The molecule has 4 heterocycles. The maximum Gasteiger partial charge on any atom is 0.180 e. The first kappa shape index (κ1) is 12.7. The van der Waals surface area contributed by atoms with Crippen LogP contribution in [0.4, 0.5) is 5.82 Å². The Morgan fingerprint density at radius 3 is 2.15 bits per heavy atom. The van der Waals surface area contributed by atoms with Crippen molar-refractivity contribution in [1.29, 1.82) is 0 Å². The molecule has 0 aromatic carbocycles. The van der Waals surface area contributed by atoms with Crippen LogP contribution in [0.1, 0.15) is 0 Å². The number of hydrogen-bond donors (Lipinski definition) is 3. The molecule has 0 atom stereocenters. The van der Waals surface area contributed by atoms with Gasteiger partial charge in [0.05, 0.1) is 23.2 Å². The number of rotatable bonds is 0. The molecule has 10 heteroatoms. The lowest BCUT2D eigenvalue weighted by molar-refractivity contribution is 1.02. The molecule has 0 saturated carbocycles. The van der Waals surface area contributed by atoms with E-state index in [1.54, 1.807) is 18.5 Å². The molecular weight excluding hydrogens is 373 g/mol. The lowest BCUT2D eigenvalue weighted by atomic mass is 10.4. The molecule has 0 bridgehead atoms. The van der Waals surface area contributed by atoms with Crippen LogP contribution >= 0.6 is 22.6 Å². The second kappa shape index (κ2) is 5.32. The fraction of sp³-hybridized carbons (Fsp3) is 0. The number of fused-ring (bicyclic) bond motifs is 2. The minimum Gasteiger partial charge on any atom is -0.382 e. The molecule has 0 saturated heterocycles. The second-order valence-corrected chi connectivity index (χ2v) is 4.73. The average molecular weight is 381 g/mol. The summed E-state index contributed by atoms with van der Waals surface area (Å²) in [5.74, 6) is 0.463. The fourth-order valence-corrected chi connectivity index (χ4v) is 2.09. The topological polar surface area (TPSA) is 135 Å². The fourth-order valence-electron chi connectivity index (χ4n) is 1.54. The van der Waals surface area contributed by atoms with Gasteiger partial charge in [-0.3, -0.25) is 10.2 Å². The van der Waals surface area contributed by atoms with Gasteiger partial charge in [0.1, 0.15) is 3.70 Å².